The Labute approximate surface area is 113 Å². The van der Waals surface area contributed by atoms with E-state index in [9.17, 15) is 0 Å². The first kappa shape index (κ1) is 12.2. The summed E-state index contributed by atoms with van der Waals surface area (Å²) in [6, 6.07) is 10.7. The van der Waals surface area contributed by atoms with Gasteiger partial charge in [0, 0.05) is 19.2 Å². The van der Waals surface area contributed by atoms with Crippen LogP contribution in [0.2, 0.25) is 0 Å². The summed E-state index contributed by atoms with van der Waals surface area (Å²) < 4.78 is 7.62. The molecule has 100 valence electrons. The van der Waals surface area contributed by atoms with Crippen LogP contribution in [0.5, 0.6) is 5.75 Å². The van der Waals surface area contributed by atoms with Gasteiger partial charge in [-0.1, -0.05) is 25.1 Å². The molecule has 4 heteroatoms. The second kappa shape index (κ2) is 5.05. The van der Waals surface area contributed by atoms with Crippen LogP contribution >= 0.6 is 0 Å². The van der Waals surface area contributed by atoms with Crippen molar-refractivity contribution in [3.63, 3.8) is 0 Å². The third-order valence-corrected chi connectivity index (χ3v) is 3.62. The fraction of sp³-hybridized carbons (Fsp3) is 0.400. The maximum atomic E-state index is 5.67. The average Bonchev–Trinajstić information content (AvgIpc) is 3.00. The molecule has 0 spiro atoms. The molecule has 1 N–H and O–H groups in total. The maximum absolute atomic E-state index is 5.67. The molecular formula is C15H19N3O. The minimum Gasteiger partial charge on any atom is -0.491 e. The largest absolute Gasteiger partial charge is 0.491 e. The highest BCUT2D eigenvalue weighted by molar-refractivity contribution is 5.39. The van der Waals surface area contributed by atoms with Crippen molar-refractivity contribution in [2.24, 2.45) is 7.05 Å². The van der Waals surface area contributed by atoms with Crippen molar-refractivity contribution in [3.05, 3.63) is 47.3 Å². The molecule has 0 saturated carbocycles. The first-order valence-electron chi connectivity index (χ1n) is 6.75. The Balaban J connectivity index is 1.69. The summed E-state index contributed by atoms with van der Waals surface area (Å²) in [6.45, 7) is 3.64. The Bertz CT molecular complexity index is 577. The summed E-state index contributed by atoms with van der Waals surface area (Å²) in [6.07, 6.45) is 0.975. The van der Waals surface area contributed by atoms with Crippen LogP contribution in [0.25, 0.3) is 0 Å². The van der Waals surface area contributed by atoms with Crippen LogP contribution in [-0.2, 0) is 20.0 Å². The van der Waals surface area contributed by atoms with E-state index in [2.05, 4.69) is 35.5 Å². The van der Waals surface area contributed by atoms with Crippen molar-refractivity contribution in [2.75, 3.05) is 6.61 Å². The molecule has 0 saturated heterocycles. The predicted octanol–water partition coefficient (Wildman–Crippen LogP) is 2.21. The highest BCUT2D eigenvalue weighted by atomic mass is 16.5. The number of rotatable bonds is 4. The molecule has 1 aromatic carbocycles. The number of aromatic nitrogens is 2. The van der Waals surface area contributed by atoms with Crippen LogP contribution in [0.15, 0.2) is 30.3 Å². The molecule has 1 aliphatic rings. The summed E-state index contributed by atoms with van der Waals surface area (Å²) in [5.41, 5.74) is 3.60. The van der Waals surface area contributed by atoms with Gasteiger partial charge < -0.3 is 10.1 Å². The molecule has 0 amide bonds. The lowest BCUT2D eigenvalue weighted by atomic mass is 10.1. The van der Waals surface area contributed by atoms with E-state index in [-0.39, 0.29) is 6.04 Å². The average molecular weight is 257 g/mol. The van der Waals surface area contributed by atoms with Gasteiger partial charge in [-0.3, -0.25) is 4.68 Å². The Morgan fingerprint density at radius 1 is 1.42 bits per heavy atom. The lowest BCUT2D eigenvalue weighted by Crippen LogP contribution is -2.23. The molecule has 0 aliphatic carbocycles. The number of ether oxygens (including phenoxy) is 1. The van der Waals surface area contributed by atoms with Crippen molar-refractivity contribution in [1.82, 2.24) is 15.1 Å². The van der Waals surface area contributed by atoms with E-state index in [0.717, 1.165) is 24.4 Å². The molecule has 1 aromatic heterocycles. The SMILES string of the molecule is CCc1cc(CNC2COc3ccccc32)n(C)n1. The Kier molecular flexibility index (Phi) is 3.25. The van der Waals surface area contributed by atoms with Gasteiger partial charge in [0.15, 0.2) is 0 Å². The van der Waals surface area contributed by atoms with E-state index in [1.807, 2.05) is 23.9 Å². The second-order valence-corrected chi connectivity index (χ2v) is 4.89. The molecule has 19 heavy (non-hydrogen) atoms. The van der Waals surface area contributed by atoms with E-state index in [1.54, 1.807) is 0 Å². The number of nitrogens with zero attached hydrogens (tertiary/aromatic N) is 2. The Hall–Kier alpha value is -1.81. The van der Waals surface area contributed by atoms with Crippen LogP contribution < -0.4 is 10.1 Å². The van der Waals surface area contributed by atoms with Gasteiger partial charge in [-0.05, 0) is 18.6 Å². The maximum Gasteiger partial charge on any atom is 0.124 e. The molecule has 1 atom stereocenters. The third-order valence-electron chi connectivity index (χ3n) is 3.62. The lowest BCUT2D eigenvalue weighted by molar-refractivity contribution is 0.309. The molecule has 0 fully saturated rings. The van der Waals surface area contributed by atoms with Crippen molar-refractivity contribution in [1.29, 1.82) is 0 Å². The molecule has 4 nitrogen and oxygen atoms in total. The summed E-state index contributed by atoms with van der Waals surface area (Å²) in [5, 5.41) is 8.01. The molecule has 0 bridgehead atoms. The van der Waals surface area contributed by atoms with Crippen LogP contribution in [0.1, 0.15) is 29.9 Å². The van der Waals surface area contributed by atoms with Crippen molar-refractivity contribution < 1.29 is 4.74 Å². The first-order chi connectivity index (χ1) is 9.28. The van der Waals surface area contributed by atoms with Crippen LogP contribution in [0.4, 0.5) is 0 Å². The number of fused-ring (bicyclic) bond motifs is 1. The zero-order valence-electron chi connectivity index (χ0n) is 11.4. The van der Waals surface area contributed by atoms with Crippen molar-refractivity contribution >= 4 is 0 Å². The van der Waals surface area contributed by atoms with Crippen molar-refractivity contribution in [3.8, 4) is 5.75 Å². The standard InChI is InChI=1S/C15H19N3O/c1-3-11-8-12(18(2)17-11)9-16-14-10-19-15-7-5-4-6-13(14)15/h4-8,14,16H,3,9-10H2,1-2H3. The van der Waals surface area contributed by atoms with Gasteiger partial charge in [-0.15, -0.1) is 0 Å². The molecule has 1 aliphatic heterocycles. The zero-order chi connectivity index (χ0) is 13.2. The van der Waals surface area contributed by atoms with Gasteiger partial charge >= 0.3 is 0 Å². The van der Waals surface area contributed by atoms with Gasteiger partial charge in [0.2, 0.25) is 0 Å². The topological polar surface area (TPSA) is 39.1 Å². The normalized spacial score (nSPS) is 17.3. The predicted molar refractivity (Wildman–Crippen MR) is 74.1 cm³/mol. The molecule has 2 heterocycles. The summed E-state index contributed by atoms with van der Waals surface area (Å²) >= 11 is 0. The number of hydrogen-bond donors (Lipinski definition) is 1. The minimum atomic E-state index is 0.274. The minimum absolute atomic E-state index is 0.274. The summed E-state index contributed by atoms with van der Waals surface area (Å²) in [7, 11) is 2.00. The fourth-order valence-electron chi connectivity index (χ4n) is 2.47. The van der Waals surface area contributed by atoms with E-state index in [4.69, 9.17) is 4.74 Å². The van der Waals surface area contributed by atoms with Gasteiger partial charge in [0.1, 0.15) is 12.4 Å². The molecule has 1 unspecified atom stereocenters. The highest BCUT2D eigenvalue weighted by Gasteiger charge is 2.23. The van der Waals surface area contributed by atoms with Gasteiger partial charge in [0.05, 0.1) is 17.4 Å². The number of aryl methyl sites for hydroxylation is 2. The number of hydrogen-bond acceptors (Lipinski definition) is 3. The molecule has 3 rings (SSSR count). The smallest absolute Gasteiger partial charge is 0.124 e. The summed E-state index contributed by atoms with van der Waals surface area (Å²) in [4.78, 5) is 0. The van der Waals surface area contributed by atoms with Crippen LogP contribution in [0.3, 0.4) is 0 Å². The molecule has 0 radical (unpaired) electrons. The van der Waals surface area contributed by atoms with E-state index < -0.39 is 0 Å². The number of nitrogens with one attached hydrogen (secondary N) is 1. The Morgan fingerprint density at radius 3 is 3.05 bits per heavy atom. The third kappa shape index (κ3) is 2.36. The number of para-hydroxylation sites is 1. The molecule has 2 aromatic rings. The van der Waals surface area contributed by atoms with E-state index in [1.165, 1.54) is 11.3 Å². The monoisotopic (exact) mass is 257 g/mol. The Morgan fingerprint density at radius 2 is 2.26 bits per heavy atom. The van der Waals surface area contributed by atoms with Crippen molar-refractivity contribution in [2.45, 2.75) is 25.9 Å². The van der Waals surface area contributed by atoms with Crippen LogP contribution in [0, 0.1) is 0 Å². The van der Waals surface area contributed by atoms with Gasteiger partial charge in [-0.25, -0.2) is 0 Å². The fourth-order valence-corrected chi connectivity index (χ4v) is 2.47. The lowest BCUT2D eigenvalue weighted by Gasteiger charge is -2.11. The van der Waals surface area contributed by atoms with Gasteiger partial charge in [0.25, 0.3) is 0 Å². The quantitative estimate of drug-likeness (QED) is 0.912. The van der Waals surface area contributed by atoms with E-state index in [0.29, 0.717) is 6.61 Å². The van der Waals surface area contributed by atoms with E-state index >= 15 is 0 Å². The van der Waals surface area contributed by atoms with Gasteiger partial charge in [-0.2, -0.15) is 5.10 Å². The zero-order valence-corrected chi connectivity index (χ0v) is 11.4. The van der Waals surface area contributed by atoms with Crippen LogP contribution in [-0.4, -0.2) is 16.4 Å². The number of benzene rings is 1. The highest BCUT2D eigenvalue weighted by Crippen LogP contribution is 2.31. The summed E-state index contributed by atoms with van der Waals surface area (Å²) in [5.74, 6) is 0.999. The molecular weight excluding hydrogens is 238 g/mol. The first-order valence-corrected chi connectivity index (χ1v) is 6.75. The second-order valence-electron chi connectivity index (χ2n) is 4.89.